The Hall–Kier alpha value is -3.02. The molecule has 0 spiro atoms. The molecule has 0 saturated carbocycles. The second-order valence-corrected chi connectivity index (χ2v) is 6.57. The summed E-state index contributed by atoms with van der Waals surface area (Å²) in [7, 11) is 0. The van der Waals surface area contributed by atoms with Crippen molar-refractivity contribution >= 4 is 17.2 Å². The minimum atomic E-state index is -0.437. The number of benzene rings is 2. The van der Waals surface area contributed by atoms with Crippen LogP contribution in [0.15, 0.2) is 57.7 Å². The molecule has 2 heterocycles. The van der Waals surface area contributed by atoms with Gasteiger partial charge in [-0.15, -0.1) is 0 Å². The maximum atomic E-state index is 12.2. The molecule has 1 saturated heterocycles. The number of H-pyrrole nitrogens is 1. The van der Waals surface area contributed by atoms with Crippen molar-refractivity contribution in [3.63, 3.8) is 0 Å². The molecule has 6 heteroatoms. The number of hydrogen-bond acceptors (Lipinski definition) is 4. The Balaban J connectivity index is 1.34. The average molecular weight is 352 g/mol. The predicted octanol–water partition coefficient (Wildman–Crippen LogP) is 3.64. The van der Waals surface area contributed by atoms with Crippen molar-refractivity contribution in [3.05, 3.63) is 70.2 Å². The first-order valence-electron chi connectivity index (χ1n) is 8.77. The fraction of sp³-hybridized carbons (Fsp3) is 0.300. The Morgan fingerprint density at radius 3 is 2.69 bits per heavy atom. The topological polar surface area (TPSA) is 75.5 Å². The van der Waals surface area contributed by atoms with Gasteiger partial charge < -0.3 is 14.1 Å². The normalized spacial score (nSPS) is 15.3. The Labute approximate surface area is 150 Å². The third-order valence-corrected chi connectivity index (χ3v) is 4.87. The zero-order chi connectivity index (χ0) is 17.9. The number of likely N-dealkylation sites (tertiary alicyclic amines) is 1. The number of ether oxygens (including phenoxy) is 1. The van der Waals surface area contributed by atoms with Gasteiger partial charge in [-0.05, 0) is 42.0 Å². The van der Waals surface area contributed by atoms with Crippen LogP contribution in [0.2, 0.25) is 0 Å². The Kier molecular flexibility index (Phi) is 4.48. The molecule has 1 aliphatic heterocycles. The first kappa shape index (κ1) is 16.4. The third kappa shape index (κ3) is 3.49. The maximum absolute atomic E-state index is 12.2. The zero-order valence-corrected chi connectivity index (χ0v) is 14.3. The summed E-state index contributed by atoms with van der Waals surface area (Å²) >= 11 is 0. The summed E-state index contributed by atoms with van der Waals surface area (Å²) in [6.07, 6.45) is 1.46. The summed E-state index contributed by atoms with van der Waals surface area (Å²) in [6.45, 7) is 1.61. The molecule has 4 rings (SSSR count). The van der Waals surface area contributed by atoms with Gasteiger partial charge in [-0.1, -0.05) is 36.4 Å². The molecule has 1 amide bonds. The second-order valence-electron chi connectivity index (χ2n) is 6.57. The maximum Gasteiger partial charge on any atom is 0.417 e. The minimum absolute atomic E-state index is 0.264. The molecule has 26 heavy (non-hydrogen) atoms. The zero-order valence-electron chi connectivity index (χ0n) is 14.3. The number of aromatic amines is 1. The Morgan fingerprint density at radius 1 is 1.15 bits per heavy atom. The van der Waals surface area contributed by atoms with Crippen LogP contribution in [0.1, 0.15) is 29.9 Å². The number of oxazole rings is 1. The van der Waals surface area contributed by atoms with E-state index < -0.39 is 5.76 Å². The van der Waals surface area contributed by atoms with Crippen LogP contribution in [0, 0.1) is 0 Å². The third-order valence-electron chi connectivity index (χ3n) is 4.87. The molecular weight excluding hydrogens is 332 g/mol. The van der Waals surface area contributed by atoms with Crippen LogP contribution in [0.4, 0.5) is 4.79 Å². The molecule has 3 aromatic rings. The molecule has 0 unspecified atom stereocenters. The number of nitrogens with one attached hydrogen (secondary N) is 1. The first-order chi connectivity index (χ1) is 12.7. The van der Waals surface area contributed by atoms with Crippen molar-refractivity contribution < 1.29 is 13.9 Å². The van der Waals surface area contributed by atoms with E-state index in [1.165, 1.54) is 0 Å². The lowest BCUT2D eigenvalue weighted by atomic mass is 9.89. The van der Waals surface area contributed by atoms with Gasteiger partial charge >= 0.3 is 11.8 Å². The van der Waals surface area contributed by atoms with E-state index in [-0.39, 0.29) is 6.09 Å². The summed E-state index contributed by atoms with van der Waals surface area (Å²) in [4.78, 5) is 27.9. The molecular formula is C20H20N2O4. The highest BCUT2D eigenvalue weighted by molar-refractivity contribution is 5.73. The Morgan fingerprint density at radius 2 is 1.92 bits per heavy atom. The van der Waals surface area contributed by atoms with Crippen molar-refractivity contribution in [1.82, 2.24) is 9.88 Å². The van der Waals surface area contributed by atoms with Crippen LogP contribution >= 0.6 is 0 Å². The van der Waals surface area contributed by atoms with Crippen molar-refractivity contribution in [3.8, 4) is 0 Å². The van der Waals surface area contributed by atoms with Gasteiger partial charge in [0.05, 0.1) is 5.52 Å². The number of aromatic nitrogens is 1. The van der Waals surface area contributed by atoms with E-state index in [1.54, 1.807) is 4.90 Å². The summed E-state index contributed by atoms with van der Waals surface area (Å²) in [5.74, 6) is -0.0918. The van der Waals surface area contributed by atoms with Crippen LogP contribution in [0.3, 0.4) is 0 Å². The molecule has 134 valence electrons. The van der Waals surface area contributed by atoms with E-state index in [4.69, 9.17) is 9.15 Å². The van der Waals surface area contributed by atoms with Crippen LogP contribution < -0.4 is 5.76 Å². The van der Waals surface area contributed by atoms with Crippen LogP contribution in [0.25, 0.3) is 11.1 Å². The van der Waals surface area contributed by atoms with Gasteiger partial charge in [-0.25, -0.2) is 9.59 Å². The van der Waals surface area contributed by atoms with Gasteiger partial charge in [0.25, 0.3) is 0 Å². The van der Waals surface area contributed by atoms with E-state index in [0.717, 1.165) is 24.0 Å². The van der Waals surface area contributed by atoms with Gasteiger partial charge in [0.2, 0.25) is 0 Å². The lowest BCUT2D eigenvalue weighted by molar-refractivity contribution is 0.0870. The SMILES string of the molecule is O=C(OCc1ccccc1)N1CCC(c2ccc3[nH]c(=O)oc3c2)CC1. The predicted molar refractivity (Wildman–Crippen MR) is 97.0 cm³/mol. The van der Waals surface area contributed by atoms with Crippen LogP contribution in [-0.2, 0) is 11.3 Å². The first-order valence-corrected chi connectivity index (χ1v) is 8.77. The standard InChI is InChI=1S/C20H20N2O4/c23-19-21-17-7-6-16(12-18(17)26-19)15-8-10-22(11-9-15)20(24)25-13-14-4-2-1-3-5-14/h1-7,12,15H,8-11,13H2,(H,21,23). The molecule has 2 aromatic carbocycles. The second kappa shape index (κ2) is 7.07. The largest absolute Gasteiger partial charge is 0.445 e. The van der Waals surface area contributed by atoms with Crippen molar-refractivity contribution in [2.75, 3.05) is 13.1 Å². The van der Waals surface area contributed by atoms with E-state index in [0.29, 0.717) is 36.7 Å². The highest BCUT2D eigenvalue weighted by Crippen LogP contribution is 2.30. The summed E-state index contributed by atoms with van der Waals surface area (Å²) in [6, 6.07) is 15.5. The molecule has 1 aliphatic rings. The number of fused-ring (bicyclic) bond motifs is 1. The average Bonchev–Trinajstić information content (AvgIpc) is 3.06. The molecule has 0 atom stereocenters. The molecule has 0 bridgehead atoms. The lowest BCUT2D eigenvalue weighted by Gasteiger charge is -2.31. The van der Waals surface area contributed by atoms with Gasteiger partial charge in [0.1, 0.15) is 6.61 Å². The quantitative estimate of drug-likeness (QED) is 0.781. The molecule has 6 nitrogen and oxygen atoms in total. The van der Waals surface area contributed by atoms with E-state index in [1.807, 2.05) is 48.5 Å². The number of carbonyl (C=O) groups is 1. The fourth-order valence-electron chi connectivity index (χ4n) is 3.42. The summed E-state index contributed by atoms with van der Waals surface area (Å²) in [5, 5.41) is 0. The van der Waals surface area contributed by atoms with Crippen molar-refractivity contribution in [1.29, 1.82) is 0 Å². The van der Waals surface area contributed by atoms with Gasteiger partial charge in [0, 0.05) is 13.1 Å². The molecule has 1 aromatic heterocycles. The fourth-order valence-corrected chi connectivity index (χ4v) is 3.42. The smallest absolute Gasteiger partial charge is 0.417 e. The van der Waals surface area contributed by atoms with E-state index in [2.05, 4.69) is 4.98 Å². The number of hydrogen-bond donors (Lipinski definition) is 1. The highest BCUT2D eigenvalue weighted by atomic mass is 16.6. The van der Waals surface area contributed by atoms with Gasteiger partial charge in [-0.2, -0.15) is 0 Å². The van der Waals surface area contributed by atoms with E-state index in [9.17, 15) is 9.59 Å². The van der Waals surface area contributed by atoms with Crippen LogP contribution in [-0.4, -0.2) is 29.1 Å². The number of amides is 1. The molecule has 0 aliphatic carbocycles. The monoisotopic (exact) mass is 352 g/mol. The molecule has 1 N–H and O–H groups in total. The Bertz CT molecular complexity index is 953. The number of nitrogens with zero attached hydrogens (tertiary/aromatic N) is 1. The van der Waals surface area contributed by atoms with E-state index >= 15 is 0 Å². The minimum Gasteiger partial charge on any atom is -0.445 e. The van der Waals surface area contributed by atoms with Crippen molar-refractivity contribution in [2.24, 2.45) is 0 Å². The highest BCUT2D eigenvalue weighted by Gasteiger charge is 2.25. The number of piperidine rings is 1. The van der Waals surface area contributed by atoms with Gasteiger partial charge in [0.15, 0.2) is 5.58 Å². The summed E-state index contributed by atoms with van der Waals surface area (Å²) in [5.41, 5.74) is 3.41. The number of carbonyl (C=O) groups excluding carboxylic acids is 1. The summed E-state index contributed by atoms with van der Waals surface area (Å²) < 4.78 is 10.5. The lowest BCUT2D eigenvalue weighted by Crippen LogP contribution is -2.38. The number of rotatable bonds is 3. The molecule has 1 fully saturated rings. The van der Waals surface area contributed by atoms with Crippen molar-refractivity contribution in [2.45, 2.75) is 25.4 Å². The van der Waals surface area contributed by atoms with Gasteiger partial charge in [-0.3, -0.25) is 4.98 Å². The van der Waals surface area contributed by atoms with Crippen LogP contribution in [0.5, 0.6) is 0 Å². The molecule has 0 radical (unpaired) electrons.